The molecule has 0 radical (unpaired) electrons. The summed E-state index contributed by atoms with van der Waals surface area (Å²) in [6.07, 6.45) is 8.78. The van der Waals surface area contributed by atoms with Crippen LogP contribution in [0.4, 0.5) is 0 Å². The minimum atomic E-state index is -3.62. The van der Waals surface area contributed by atoms with E-state index in [0.717, 1.165) is 24.2 Å². The fourth-order valence-electron chi connectivity index (χ4n) is 7.27. The number of ether oxygens (including phenoxy) is 1. The molecule has 1 unspecified atom stereocenters. The molecule has 31 heavy (non-hydrogen) atoms. The Labute approximate surface area is 185 Å². The Morgan fingerprint density at radius 1 is 1.13 bits per heavy atom. The van der Waals surface area contributed by atoms with Crippen LogP contribution >= 0.6 is 0 Å². The van der Waals surface area contributed by atoms with Gasteiger partial charge in [0.15, 0.2) is 0 Å². The summed E-state index contributed by atoms with van der Waals surface area (Å²) in [7, 11) is -3.62. The molecule has 1 N–H and O–H groups in total. The van der Waals surface area contributed by atoms with Crippen LogP contribution in [-0.4, -0.2) is 51.0 Å². The quantitative estimate of drug-likeness (QED) is 0.726. The van der Waals surface area contributed by atoms with Gasteiger partial charge >= 0.3 is 0 Å². The molecule has 1 aromatic rings. The second kappa shape index (κ2) is 8.16. The van der Waals surface area contributed by atoms with Gasteiger partial charge in [0.05, 0.1) is 18.1 Å². The van der Waals surface area contributed by atoms with Crippen LogP contribution in [0, 0.1) is 23.2 Å². The molecular weight excluding hydrogens is 412 g/mol. The zero-order valence-electron chi connectivity index (χ0n) is 18.4. The molecule has 170 valence electrons. The molecule has 0 spiro atoms. The predicted octanol–water partition coefficient (Wildman–Crippen LogP) is 3.43. The summed E-state index contributed by atoms with van der Waals surface area (Å²) in [4.78, 5) is 13.4. The van der Waals surface area contributed by atoms with Gasteiger partial charge in [-0.25, -0.2) is 8.42 Å². The summed E-state index contributed by atoms with van der Waals surface area (Å²) in [5.74, 6) is 2.35. The molecule has 7 heteroatoms. The number of morpholine rings is 1. The van der Waals surface area contributed by atoms with Crippen molar-refractivity contribution in [3.05, 3.63) is 29.8 Å². The molecule has 1 atom stereocenters. The summed E-state index contributed by atoms with van der Waals surface area (Å²) in [6.45, 7) is 3.68. The topological polar surface area (TPSA) is 75.7 Å². The molecule has 1 heterocycles. The third-order valence-corrected chi connectivity index (χ3v) is 10.1. The molecule has 6 rings (SSSR count). The minimum Gasteiger partial charge on any atom is -0.379 e. The highest BCUT2D eigenvalue weighted by Crippen LogP contribution is 2.61. The van der Waals surface area contributed by atoms with E-state index >= 15 is 0 Å². The first-order valence-electron chi connectivity index (χ1n) is 11.9. The van der Waals surface area contributed by atoms with Crippen molar-refractivity contribution in [2.75, 3.05) is 26.3 Å². The number of nitrogens with zero attached hydrogens (tertiary/aromatic N) is 1. The Balaban J connectivity index is 1.34. The smallest absolute Gasteiger partial charge is 0.251 e. The molecule has 0 aromatic heterocycles. The van der Waals surface area contributed by atoms with Gasteiger partial charge in [-0.05, 0) is 86.3 Å². The molecule has 1 aliphatic heterocycles. The summed E-state index contributed by atoms with van der Waals surface area (Å²) >= 11 is 0. The van der Waals surface area contributed by atoms with Gasteiger partial charge in [0.25, 0.3) is 5.91 Å². The van der Waals surface area contributed by atoms with Crippen LogP contribution in [0.1, 0.15) is 62.2 Å². The van der Waals surface area contributed by atoms with Gasteiger partial charge in [-0.3, -0.25) is 4.79 Å². The van der Waals surface area contributed by atoms with Gasteiger partial charge < -0.3 is 10.1 Å². The first kappa shape index (κ1) is 21.4. The third kappa shape index (κ3) is 3.93. The highest BCUT2D eigenvalue weighted by atomic mass is 32.2. The number of amides is 1. The van der Waals surface area contributed by atoms with E-state index < -0.39 is 10.0 Å². The molecule has 6 nitrogen and oxygen atoms in total. The predicted molar refractivity (Wildman–Crippen MR) is 118 cm³/mol. The Bertz CT molecular complexity index is 903. The summed E-state index contributed by atoms with van der Waals surface area (Å²) in [5.41, 5.74) is 0.661. The Morgan fingerprint density at radius 2 is 1.74 bits per heavy atom. The van der Waals surface area contributed by atoms with Crippen molar-refractivity contribution >= 4 is 15.9 Å². The van der Waals surface area contributed by atoms with E-state index in [1.165, 1.54) is 48.9 Å². The van der Waals surface area contributed by atoms with Gasteiger partial charge in [0.2, 0.25) is 10.0 Å². The number of sulfonamides is 1. The fourth-order valence-corrected chi connectivity index (χ4v) is 8.72. The SMILES string of the molecule is CCC(NC(=O)c1cccc(S(=O)(=O)N2CCOCC2)c1)C12CC3CC(CC(C3)C1)C2. The van der Waals surface area contributed by atoms with Crippen molar-refractivity contribution in [3.63, 3.8) is 0 Å². The summed E-state index contributed by atoms with van der Waals surface area (Å²) in [6, 6.07) is 6.67. The molecule has 4 bridgehead atoms. The van der Waals surface area contributed by atoms with Crippen LogP contribution in [-0.2, 0) is 14.8 Å². The lowest BCUT2D eigenvalue weighted by Crippen LogP contribution is -2.56. The van der Waals surface area contributed by atoms with Crippen LogP contribution in [0.15, 0.2) is 29.2 Å². The highest BCUT2D eigenvalue weighted by Gasteiger charge is 2.54. The van der Waals surface area contributed by atoms with Gasteiger partial charge in [0, 0.05) is 24.7 Å². The van der Waals surface area contributed by atoms with Gasteiger partial charge in [-0.15, -0.1) is 0 Å². The van der Waals surface area contributed by atoms with Crippen LogP contribution in [0.5, 0.6) is 0 Å². The molecule has 5 fully saturated rings. The lowest BCUT2D eigenvalue weighted by molar-refractivity contribution is -0.0727. The maximum Gasteiger partial charge on any atom is 0.251 e. The van der Waals surface area contributed by atoms with E-state index in [0.29, 0.717) is 31.9 Å². The molecule has 1 saturated heterocycles. The van der Waals surface area contributed by atoms with Crippen LogP contribution < -0.4 is 5.32 Å². The van der Waals surface area contributed by atoms with E-state index in [2.05, 4.69) is 12.2 Å². The summed E-state index contributed by atoms with van der Waals surface area (Å²) in [5, 5.41) is 3.33. The third-order valence-electron chi connectivity index (χ3n) is 8.24. The first-order valence-corrected chi connectivity index (χ1v) is 13.3. The number of rotatable bonds is 6. The number of benzene rings is 1. The molecule has 1 aromatic carbocycles. The van der Waals surface area contributed by atoms with E-state index in [-0.39, 0.29) is 22.3 Å². The number of carbonyl (C=O) groups is 1. The van der Waals surface area contributed by atoms with Crippen molar-refractivity contribution in [2.45, 2.75) is 62.8 Å². The highest BCUT2D eigenvalue weighted by molar-refractivity contribution is 7.89. The van der Waals surface area contributed by atoms with Crippen molar-refractivity contribution in [2.24, 2.45) is 23.2 Å². The van der Waals surface area contributed by atoms with E-state index in [4.69, 9.17) is 4.74 Å². The van der Waals surface area contributed by atoms with E-state index in [9.17, 15) is 13.2 Å². The van der Waals surface area contributed by atoms with E-state index in [1.54, 1.807) is 18.2 Å². The second-order valence-electron chi connectivity index (χ2n) is 10.3. The van der Waals surface area contributed by atoms with Crippen molar-refractivity contribution < 1.29 is 17.9 Å². The Kier molecular flexibility index (Phi) is 5.64. The number of carbonyl (C=O) groups excluding carboxylic acids is 1. The van der Waals surface area contributed by atoms with Crippen molar-refractivity contribution in [3.8, 4) is 0 Å². The first-order chi connectivity index (χ1) is 14.9. The van der Waals surface area contributed by atoms with Gasteiger partial charge in [0.1, 0.15) is 0 Å². The van der Waals surface area contributed by atoms with Gasteiger partial charge in [-0.2, -0.15) is 4.31 Å². The maximum atomic E-state index is 13.2. The minimum absolute atomic E-state index is 0.151. The number of nitrogens with one attached hydrogen (secondary N) is 1. The molecular formula is C24H34N2O4S. The molecule has 4 saturated carbocycles. The second-order valence-corrected chi connectivity index (χ2v) is 12.2. The average molecular weight is 447 g/mol. The van der Waals surface area contributed by atoms with E-state index in [1.807, 2.05) is 0 Å². The number of hydrogen-bond acceptors (Lipinski definition) is 4. The Morgan fingerprint density at radius 3 is 2.32 bits per heavy atom. The monoisotopic (exact) mass is 446 g/mol. The van der Waals surface area contributed by atoms with Crippen molar-refractivity contribution in [1.82, 2.24) is 9.62 Å². The zero-order valence-corrected chi connectivity index (χ0v) is 19.2. The summed E-state index contributed by atoms with van der Waals surface area (Å²) < 4.78 is 32.7. The lowest BCUT2D eigenvalue weighted by atomic mass is 9.47. The number of hydrogen-bond donors (Lipinski definition) is 1. The molecule has 4 aliphatic carbocycles. The fraction of sp³-hybridized carbons (Fsp3) is 0.708. The Hall–Kier alpha value is -1.44. The maximum absolute atomic E-state index is 13.2. The standard InChI is InChI=1S/C24H34N2O4S/c1-2-22(24-14-17-10-18(15-24)12-19(11-17)16-24)25-23(27)20-4-3-5-21(13-20)31(28,29)26-6-8-30-9-7-26/h3-5,13,17-19,22H,2,6-12,14-16H2,1H3,(H,25,27). The average Bonchev–Trinajstić information content (AvgIpc) is 2.77. The molecule has 1 amide bonds. The normalized spacial score (nSPS) is 33.9. The zero-order chi connectivity index (χ0) is 21.6. The van der Waals surface area contributed by atoms with Crippen LogP contribution in [0.3, 0.4) is 0 Å². The van der Waals surface area contributed by atoms with Crippen LogP contribution in [0.2, 0.25) is 0 Å². The molecule has 5 aliphatic rings. The van der Waals surface area contributed by atoms with Gasteiger partial charge in [-0.1, -0.05) is 13.0 Å². The lowest BCUT2D eigenvalue weighted by Gasteiger charge is -2.59. The van der Waals surface area contributed by atoms with Crippen LogP contribution in [0.25, 0.3) is 0 Å². The van der Waals surface area contributed by atoms with Crippen molar-refractivity contribution in [1.29, 1.82) is 0 Å². The largest absolute Gasteiger partial charge is 0.379 e.